The van der Waals surface area contributed by atoms with E-state index < -0.39 is 11.2 Å². The largest absolute Gasteiger partial charge is 0.456 e. The molecule has 0 spiro atoms. The topological polar surface area (TPSA) is 46.5 Å². The molecule has 1 aromatic rings. The minimum atomic E-state index is -0.512. The van der Waals surface area contributed by atoms with Gasteiger partial charge in [0.15, 0.2) is 0 Å². The smallest absolute Gasteiger partial charge is 0.338 e. The average Bonchev–Trinajstić information content (AvgIpc) is 3.38. The van der Waals surface area contributed by atoms with E-state index in [1.807, 2.05) is 39.0 Å². The molecule has 1 aromatic carbocycles. The summed E-state index contributed by atoms with van der Waals surface area (Å²) in [6.07, 6.45) is 5.45. The van der Waals surface area contributed by atoms with Crippen LogP contribution in [0.1, 0.15) is 69.3 Å². The molecule has 1 N–H and O–H groups in total. The summed E-state index contributed by atoms with van der Waals surface area (Å²) >= 11 is 0. The fourth-order valence-electron chi connectivity index (χ4n) is 3.91. The SMILES string of the molecule is C[C@@H](Cc1cccc(C(=O)OC(C)(C)C)c1)C(O)(C1CC1)C1CC1. The van der Waals surface area contributed by atoms with Crippen LogP contribution in [-0.4, -0.2) is 22.3 Å². The van der Waals surface area contributed by atoms with Crippen LogP contribution in [0, 0.1) is 17.8 Å². The van der Waals surface area contributed by atoms with Crippen molar-refractivity contribution >= 4 is 5.97 Å². The molecule has 0 saturated heterocycles. The van der Waals surface area contributed by atoms with Crippen molar-refractivity contribution in [1.82, 2.24) is 0 Å². The lowest BCUT2D eigenvalue weighted by atomic mass is 9.77. The second-order valence-corrected chi connectivity index (χ2v) is 8.74. The number of rotatable bonds is 6. The van der Waals surface area contributed by atoms with E-state index in [-0.39, 0.29) is 11.9 Å². The van der Waals surface area contributed by atoms with Crippen LogP contribution in [-0.2, 0) is 11.2 Å². The van der Waals surface area contributed by atoms with E-state index in [2.05, 4.69) is 6.92 Å². The number of esters is 1. The average molecular weight is 330 g/mol. The Bertz CT molecular complexity index is 594. The number of benzene rings is 1. The highest BCUT2D eigenvalue weighted by Crippen LogP contribution is 2.55. The van der Waals surface area contributed by atoms with Crippen LogP contribution in [0.15, 0.2) is 24.3 Å². The Hall–Kier alpha value is -1.35. The molecule has 0 radical (unpaired) electrons. The van der Waals surface area contributed by atoms with E-state index >= 15 is 0 Å². The van der Waals surface area contributed by atoms with Crippen molar-refractivity contribution in [1.29, 1.82) is 0 Å². The van der Waals surface area contributed by atoms with Crippen molar-refractivity contribution in [2.45, 2.75) is 71.0 Å². The van der Waals surface area contributed by atoms with Gasteiger partial charge in [-0.3, -0.25) is 0 Å². The zero-order valence-corrected chi connectivity index (χ0v) is 15.3. The van der Waals surface area contributed by atoms with E-state index in [0.29, 0.717) is 17.4 Å². The van der Waals surface area contributed by atoms with Crippen LogP contribution >= 0.6 is 0 Å². The molecule has 0 aliphatic heterocycles. The third kappa shape index (κ3) is 3.83. The molecule has 1 atom stereocenters. The highest BCUT2D eigenvalue weighted by molar-refractivity contribution is 5.89. The summed E-state index contributed by atoms with van der Waals surface area (Å²) in [5, 5.41) is 11.3. The van der Waals surface area contributed by atoms with Crippen molar-refractivity contribution in [3.8, 4) is 0 Å². The predicted octanol–water partition coefficient (Wildman–Crippen LogP) is 4.37. The van der Waals surface area contributed by atoms with Gasteiger partial charge < -0.3 is 9.84 Å². The molecule has 2 aliphatic carbocycles. The number of carbonyl (C=O) groups is 1. The first-order valence-electron chi connectivity index (χ1n) is 9.25. The molecule has 2 aliphatic rings. The first-order valence-corrected chi connectivity index (χ1v) is 9.25. The van der Waals surface area contributed by atoms with Gasteiger partial charge in [-0.25, -0.2) is 4.79 Å². The Morgan fingerprint density at radius 2 is 1.79 bits per heavy atom. The van der Waals surface area contributed by atoms with Crippen molar-refractivity contribution < 1.29 is 14.6 Å². The zero-order valence-electron chi connectivity index (χ0n) is 15.3. The third-order valence-electron chi connectivity index (χ3n) is 5.36. The van der Waals surface area contributed by atoms with Gasteiger partial charge in [0.1, 0.15) is 5.60 Å². The Morgan fingerprint density at radius 3 is 2.29 bits per heavy atom. The van der Waals surface area contributed by atoms with Crippen LogP contribution < -0.4 is 0 Å². The van der Waals surface area contributed by atoms with Gasteiger partial charge in [-0.2, -0.15) is 0 Å². The lowest BCUT2D eigenvalue weighted by molar-refractivity contribution is -0.0531. The molecular weight excluding hydrogens is 300 g/mol. The molecule has 0 aromatic heterocycles. The van der Waals surface area contributed by atoms with Gasteiger partial charge >= 0.3 is 5.97 Å². The van der Waals surface area contributed by atoms with Crippen molar-refractivity contribution in [3.63, 3.8) is 0 Å². The number of hydrogen-bond donors (Lipinski definition) is 1. The Kier molecular flexibility index (Phi) is 4.50. The number of carbonyl (C=O) groups excluding carboxylic acids is 1. The minimum absolute atomic E-state index is 0.214. The second-order valence-electron chi connectivity index (χ2n) is 8.74. The van der Waals surface area contributed by atoms with Gasteiger partial charge in [-0.05, 0) is 88.3 Å². The maximum absolute atomic E-state index is 12.3. The molecular formula is C21H30O3. The van der Waals surface area contributed by atoms with Crippen molar-refractivity contribution in [2.24, 2.45) is 17.8 Å². The van der Waals surface area contributed by atoms with Gasteiger partial charge in [0.05, 0.1) is 11.2 Å². The summed E-state index contributed by atoms with van der Waals surface area (Å²) in [5.74, 6) is 0.895. The van der Waals surface area contributed by atoms with E-state index in [9.17, 15) is 9.90 Å². The molecule has 24 heavy (non-hydrogen) atoms. The van der Waals surface area contributed by atoms with Gasteiger partial charge in [-0.15, -0.1) is 0 Å². The van der Waals surface area contributed by atoms with Gasteiger partial charge in [0.2, 0.25) is 0 Å². The predicted molar refractivity (Wildman–Crippen MR) is 94.9 cm³/mol. The summed E-state index contributed by atoms with van der Waals surface area (Å²) in [6.45, 7) is 7.80. The highest BCUT2D eigenvalue weighted by atomic mass is 16.6. The Balaban J connectivity index is 1.71. The zero-order chi connectivity index (χ0) is 17.5. The fourth-order valence-corrected chi connectivity index (χ4v) is 3.91. The molecule has 3 nitrogen and oxygen atoms in total. The molecule has 2 saturated carbocycles. The number of hydrogen-bond acceptors (Lipinski definition) is 3. The van der Waals surface area contributed by atoms with E-state index in [4.69, 9.17) is 4.74 Å². The summed E-state index contributed by atoms with van der Waals surface area (Å²) in [5.41, 5.74) is 0.696. The molecule has 132 valence electrons. The summed E-state index contributed by atoms with van der Waals surface area (Å²) in [4.78, 5) is 12.3. The lowest BCUT2D eigenvalue weighted by Gasteiger charge is -2.35. The monoisotopic (exact) mass is 330 g/mol. The highest BCUT2D eigenvalue weighted by Gasteiger charge is 2.55. The van der Waals surface area contributed by atoms with Gasteiger partial charge in [0, 0.05) is 0 Å². The molecule has 2 fully saturated rings. The molecule has 0 heterocycles. The van der Waals surface area contributed by atoms with E-state index in [1.165, 1.54) is 0 Å². The standard InChI is InChI=1S/C21H30O3/c1-14(21(23,17-8-9-17)18-10-11-18)12-15-6-5-7-16(13-15)19(22)24-20(2,3)4/h5-7,13-14,17-18,23H,8-12H2,1-4H3/t14-/m0/s1. The van der Waals surface area contributed by atoms with Crippen LogP contribution in [0.25, 0.3) is 0 Å². The minimum Gasteiger partial charge on any atom is -0.456 e. The Morgan fingerprint density at radius 1 is 1.21 bits per heavy atom. The summed E-state index contributed by atoms with van der Waals surface area (Å²) < 4.78 is 5.46. The van der Waals surface area contributed by atoms with Crippen LogP contribution in [0.4, 0.5) is 0 Å². The molecule has 3 heteroatoms. The van der Waals surface area contributed by atoms with Gasteiger partial charge in [0.25, 0.3) is 0 Å². The first kappa shape index (κ1) is 17.5. The molecule has 3 rings (SSSR count). The normalized spacial score (nSPS) is 19.9. The molecule has 0 amide bonds. The molecule has 0 unspecified atom stereocenters. The third-order valence-corrected chi connectivity index (χ3v) is 5.36. The quantitative estimate of drug-likeness (QED) is 0.788. The van der Waals surface area contributed by atoms with Crippen LogP contribution in [0.2, 0.25) is 0 Å². The lowest BCUT2D eigenvalue weighted by Crippen LogP contribution is -2.42. The summed E-state index contributed by atoms with van der Waals surface area (Å²) in [6, 6.07) is 7.68. The summed E-state index contributed by atoms with van der Waals surface area (Å²) in [7, 11) is 0. The second kappa shape index (κ2) is 6.18. The number of aliphatic hydroxyl groups is 1. The fraction of sp³-hybridized carbons (Fsp3) is 0.667. The first-order chi connectivity index (χ1) is 11.2. The van der Waals surface area contributed by atoms with Gasteiger partial charge in [-0.1, -0.05) is 19.1 Å². The molecule has 0 bridgehead atoms. The number of ether oxygens (including phenoxy) is 1. The maximum Gasteiger partial charge on any atom is 0.338 e. The van der Waals surface area contributed by atoms with Crippen molar-refractivity contribution in [2.75, 3.05) is 0 Å². The van der Waals surface area contributed by atoms with Crippen molar-refractivity contribution in [3.05, 3.63) is 35.4 Å². The van der Waals surface area contributed by atoms with E-state index in [0.717, 1.165) is 37.7 Å². The van der Waals surface area contributed by atoms with Crippen LogP contribution in [0.3, 0.4) is 0 Å². The Labute approximate surface area is 145 Å². The van der Waals surface area contributed by atoms with Crippen LogP contribution in [0.5, 0.6) is 0 Å². The van der Waals surface area contributed by atoms with E-state index in [1.54, 1.807) is 6.07 Å². The maximum atomic E-state index is 12.3.